The van der Waals surface area contributed by atoms with Gasteiger partial charge >= 0.3 is 0 Å². The fraction of sp³-hybridized carbons (Fsp3) is 0.148. The highest BCUT2D eigenvalue weighted by Gasteiger charge is 2.26. The van der Waals surface area contributed by atoms with Gasteiger partial charge < -0.3 is 15.6 Å². The van der Waals surface area contributed by atoms with Gasteiger partial charge in [-0.05, 0) is 80.4 Å². The number of phenolic OH excluding ortho intramolecular Hbond substituents is 1. The maximum atomic E-state index is 13.3. The third-order valence-electron chi connectivity index (χ3n) is 5.51. The summed E-state index contributed by atoms with van der Waals surface area (Å²) >= 11 is 0. The number of benzene rings is 2. The first kappa shape index (κ1) is 24.9. The van der Waals surface area contributed by atoms with Crippen molar-refractivity contribution in [2.45, 2.75) is 25.8 Å². The largest absolute Gasteiger partial charge is 0.508 e. The van der Waals surface area contributed by atoms with E-state index in [-0.39, 0.29) is 28.0 Å². The lowest BCUT2D eigenvalue weighted by molar-refractivity contribution is 0.101. The molecule has 0 radical (unpaired) electrons. The summed E-state index contributed by atoms with van der Waals surface area (Å²) in [6, 6.07) is 17.6. The van der Waals surface area contributed by atoms with Crippen LogP contribution in [0, 0.1) is 20.8 Å². The summed E-state index contributed by atoms with van der Waals surface area (Å²) in [6.45, 7) is 5.74. The number of nitrogen functional groups attached to an aromatic ring is 1. The Morgan fingerprint density at radius 3 is 2.25 bits per heavy atom. The fourth-order valence-corrected chi connectivity index (χ4v) is 5.06. The third-order valence-corrected chi connectivity index (χ3v) is 7.02. The Hall–Kier alpha value is -4.24. The van der Waals surface area contributed by atoms with Crippen LogP contribution in [-0.2, 0) is 9.84 Å². The minimum atomic E-state index is -4.06. The van der Waals surface area contributed by atoms with Gasteiger partial charge in [-0.25, -0.2) is 18.4 Å². The second kappa shape index (κ2) is 9.79. The molecule has 0 aliphatic heterocycles. The van der Waals surface area contributed by atoms with Crippen LogP contribution in [0.3, 0.4) is 0 Å². The van der Waals surface area contributed by atoms with E-state index in [0.717, 1.165) is 16.7 Å². The number of aryl methyl sites for hydroxylation is 3. The maximum absolute atomic E-state index is 13.3. The molecule has 0 saturated carbocycles. The topological polar surface area (TPSA) is 132 Å². The minimum Gasteiger partial charge on any atom is -0.508 e. The summed E-state index contributed by atoms with van der Waals surface area (Å²) in [4.78, 5) is 21.7. The summed E-state index contributed by atoms with van der Waals surface area (Å²) in [5, 5.41) is 9.33. The minimum absolute atomic E-state index is 0.0173. The van der Waals surface area contributed by atoms with Crippen LogP contribution in [0.1, 0.15) is 27.0 Å². The molecule has 0 spiro atoms. The number of aromatic nitrogens is 2. The van der Waals surface area contributed by atoms with Crippen molar-refractivity contribution >= 4 is 21.4 Å². The van der Waals surface area contributed by atoms with Crippen molar-refractivity contribution in [2.24, 2.45) is 0 Å². The Morgan fingerprint density at radius 2 is 1.61 bits per heavy atom. The van der Waals surface area contributed by atoms with Crippen LogP contribution in [0.2, 0.25) is 0 Å². The molecule has 0 bridgehead atoms. The van der Waals surface area contributed by atoms with Crippen LogP contribution in [0.15, 0.2) is 71.8 Å². The Balaban J connectivity index is 1.77. The van der Waals surface area contributed by atoms with Crippen LogP contribution < -0.4 is 10.5 Å². The smallest absolute Gasteiger partial charge is 0.230 e. The molecule has 3 N–H and O–H groups in total. The van der Waals surface area contributed by atoms with Gasteiger partial charge in [-0.1, -0.05) is 23.8 Å². The van der Waals surface area contributed by atoms with Crippen molar-refractivity contribution in [1.29, 1.82) is 0 Å². The summed E-state index contributed by atoms with van der Waals surface area (Å²) in [5.74, 6) is -0.861. The lowest BCUT2D eigenvalue weighted by Crippen LogP contribution is -2.19. The summed E-state index contributed by atoms with van der Waals surface area (Å²) in [7, 11) is -4.06. The molecule has 0 unspecified atom stereocenters. The zero-order valence-electron chi connectivity index (χ0n) is 20.0. The molecule has 2 heterocycles. The number of sulfone groups is 1. The Labute approximate surface area is 209 Å². The molecule has 2 aromatic heterocycles. The van der Waals surface area contributed by atoms with Gasteiger partial charge in [0, 0.05) is 5.56 Å². The molecule has 2 aromatic carbocycles. The highest BCUT2D eigenvalue weighted by Crippen LogP contribution is 2.33. The first-order valence-corrected chi connectivity index (χ1v) is 12.7. The van der Waals surface area contributed by atoms with E-state index in [1.54, 1.807) is 18.2 Å². The highest BCUT2D eigenvalue weighted by atomic mass is 32.2. The molecule has 0 aliphatic carbocycles. The summed E-state index contributed by atoms with van der Waals surface area (Å²) in [5.41, 5.74) is 9.56. The standard InChI is InChI=1S/C27H25N3O5S/c1-16-13-17(2)26(18(3)14-16)35-27-21(11-12-22(29-27)19-7-9-20(31)10-8-19)23(32)15-36(33,34)25-6-4-5-24(28)30-25/h4-14,31H,15H2,1-3H3,(H2,28,30). The van der Waals surface area contributed by atoms with E-state index in [1.165, 1.54) is 36.4 Å². The lowest BCUT2D eigenvalue weighted by Gasteiger charge is -2.15. The normalized spacial score (nSPS) is 11.3. The molecule has 8 nitrogen and oxygen atoms in total. The van der Waals surface area contributed by atoms with Crippen molar-refractivity contribution in [3.05, 3.63) is 89.0 Å². The predicted molar refractivity (Wildman–Crippen MR) is 137 cm³/mol. The van der Waals surface area contributed by atoms with Crippen molar-refractivity contribution in [2.75, 3.05) is 11.5 Å². The van der Waals surface area contributed by atoms with Gasteiger partial charge in [0.15, 0.2) is 10.8 Å². The van der Waals surface area contributed by atoms with E-state index >= 15 is 0 Å². The van der Waals surface area contributed by atoms with Crippen LogP contribution >= 0.6 is 0 Å². The molecule has 4 aromatic rings. The van der Waals surface area contributed by atoms with E-state index in [9.17, 15) is 18.3 Å². The van der Waals surface area contributed by atoms with E-state index in [4.69, 9.17) is 10.5 Å². The highest BCUT2D eigenvalue weighted by molar-refractivity contribution is 7.92. The van der Waals surface area contributed by atoms with Gasteiger partial charge in [-0.15, -0.1) is 0 Å². The number of hydrogen-bond acceptors (Lipinski definition) is 8. The third kappa shape index (κ3) is 5.36. The number of hydrogen-bond donors (Lipinski definition) is 2. The lowest BCUT2D eigenvalue weighted by atomic mass is 10.1. The summed E-state index contributed by atoms with van der Waals surface area (Å²) in [6.07, 6.45) is 0. The van der Waals surface area contributed by atoms with E-state index in [1.807, 2.05) is 32.9 Å². The van der Waals surface area contributed by atoms with Crippen molar-refractivity contribution in [3.8, 4) is 28.6 Å². The molecule has 0 aliphatic rings. The number of ketones is 1. The zero-order chi connectivity index (χ0) is 26.0. The Kier molecular flexibility index (Phi) is 6.76. The molecule has 184 valence electrons. The number of phenols is 1. The number of ether oxygens (including phenoxy) is 1. The van der Waals surface area contributed by atoms with Gasteiger partial charge in [0.25, 0.3) is 0 Å². The number of aromatic hydroxyl groups is 1. The van der Waals surface area contributed by atoms with Gasteiger partial charge in [-0.2, -0.15) is 0 Å². The summed E-state index contributed by atoms with van der Waals surface area (Å²) < 4.78 is 31.9. The first-order valence-electron chi connectivity index (χ1n) is 11.1. The molecular weight excluding hydrogens is 478 g/mol. The van der Waals surface area contributed by atoms with Crippen LogP contribution in [0.25, 0.3) is 11.3 Å². The average Bonchev–Trinajstić information content (AvgIpc) is 2.81. The SMILES string of the molecule is Cc1cc(C)c(Oc2nc(-c3ccc(O)cc3)ccc2C(=O)CS(=O)(=O)c2cccc(N)n2)c(C)c1. The first-order chi connectivity index (χ1) is 17.0. The second-order valence-electron chi connectivity index (χ2n) is 8.51. The van der Waals surface area contributed by atoms with Crippen LogP contribution in [0.5, 0.6) is 17.4 Å². The van der Waals surface area contributed by atoms with Crippen LogP contribution in [-0.4, -0.2) is 35.0 Å². The molecule has 9 heteroatoms. The molecule has 0 saturated heterocycles. The van der Waals surface area contributed by atoms with Crippen LogP contribution in [0.4, 0.5) is 5.82 Å². The quantitative estimate of drug-likeness (QED) is 0.344. The van der Waals surface area contributed by atoms with Gasteiger partial charge in [0.2, 0.25) is 15.7 Å². The molecule has 0 amide bonds. The zero-order valence-corrected chi connectivity index (χ0v) is 20.8. The van der Waals surface area contributed by atoms with Crippen molar-refractivity contribution in [3.63, 3.8) is 0 Å². The Morgan fingerprint density at radius 1 is 0.944 bits per heavy atom. The Bertz CT molecular complexity index is 1540. The molecule has 4 rings (SSSR count). The number of anilines is 1. The maximum Gasteiger partial charge on any atom is 0.230 e. The van der Waals surface area contributed by atoms with Gasteiger partial charge in [-0.3, -0.25) is 4.79 Å². The van der Waals surface area contributed by atoms with E-state index in [2.05, 4.69) is 9.97 Å². The molecule has 0 atom stereocenters. The predicted octanol–water partition coefficient (Wildman–Crippen LogP) is 4.81. The number of pyridine rings is 2. The van der Waals surface area contributed by atoms with Gasteiger partial charge in [0.05, 0.1) is 11.3 Å². The molecular formula is C27H25N3O5S. The molecule has 0 fully saturated rings. The van der Waals surface area contributed by atoms with Crippen molar-refractivity contribution in [1.82, 2.24) is 9.97 Å². The number of carbonyl (C=O) groups is 1. The number of Topliss-reactive ketones (excluding diaryl/α,β-unsaturated/α-hetero) is 1. The van der Waals surface area contributed by atoms with E-state index < -0.39 is 21.4 Å². The molecule has 36 heavy (non-hydrogen) atoms. The average molecular weight is 504 g/mol. The monoisotopic (exact) mass is 503 g/mol. The van der Waals surface area contributed by atoms with E-state index in [0.29, 0.717) is 17.0 Å². The number of nitrogens with two attached hydrogens (primary N) is 1. The number of nitrogens with zero attached hydrogens (tertiary/aromatic N) is 2. The second-order valence-corrected chi connectivity index (χ2v) is 10.4. The van der Waals surface area contributed by atoms with Gasteiger partial charge in [0.1, 0.15) is 23.1 Å². The fourth-order valence-electron chi connectivity index (χ4n) is 3.88. The van der Waals surface area contributed by atoms with Crippen molar-refractivity contribution < 1.29 is 23.1 Å². The number of carbonyl (C=O) groups excluding carboxylic acids is 1. The number of rotatable bonds is 7.